The van der Waals surface area contributed by atoms with E-state index in [1.807, 2.05) is 53.2 Å². The number of para-hydroxylation sites is 1. The van der Waals surface area contributed by atoms with Gasteiger partial charge in [0.2, 0.25) is 0 Å². The molecule has 5 aromatic rings. The normalized spacial score (nSPS) is 12.6. The van der Waals surface area contributed by atoms with Gasteiger partial charge >= 0.3 is 0 Å². The fourth-order valence-electron chi connectivity index (χ4n) is 4.08. The molecule has 0 bridgehead atoms. The van der Waals surface area contributed by atoms with Gasteiger partial charge in [0.1, 0.15) is 24.1 Å². The van der Waals surface area contributed by atoms with Crippen LogP contribution in [0.1, 0.15) is 21.7 Å². The van der Waals surface area contributed by atoms with Crippen molar-refractivity contribution in [3.8, 4) is 17.2 Å². The number of hydrogen-bond acceptors (Lipinski definition) is 7. The van der Waals surface area contributed by atoms with Crippen molar-refractivity contribution >= 4 is 28.6 Å². The van der Waals surface area contributed by atoms with Crippen LogP contribution in [-0.4, -0.2) is 44.5 Å². The van der Waals surface area contributed by atoms with E-state index in [1.165, 1.54) is 11.8 Å². The summed E-state index contributed by atoms with van der Waals surface area (Å²) in [6.07, 6.45) is 2.35. The molecule has 1 aliphatic heterocycles. The number of ether oxygens (including phenoxy) is 2. The highest BCUT2D eigenvalue weighted by atomic mass is 32.2. The van der Waals surface area contributed by atoms with Gasteiger partial charge in [-0.05, 0) is 35.9 Å². The van der Waals surface area contributed by atoms with Crippen molar-refractivity contribution in [2.75, 3.05) is 19.0 Å². The minimum atomic E-state index is -0.0104. The summed E-state index contributed by atoms with van der Waals surface area (Å²) in [6, 6.07) is 25.3. The van der Waals surface area contributed by atoms with Gasteiger partial charge in [-0.1, -0.05) is 60.3 Å². The molecule has 0 N–H and O–H groups in total. The number of rotatable bonds is 7. The summed E-state index contributed by atoms with van der Waals surface area (Å²) in [5, 5.41) is 6.14. The fraction of sp³-hybridized carbons (Fsp3) is 0.143. The Morgan fingerprint density at radius 2 is 1.64 bits per heavy atom. The van der Waals surface area contributed by atoms with Gasteiger partial charge in [0.25, 0.3) is 0 Å². The van der Waals surface area contributed by atoms with Gasteiger partial charge in [-0.25, -0.2) is 14.6 Å². The molecule has 0 saturated heterocycles. The number of hydrogen-bond donors (Lipinski definition) is 0. The minimum Gasteiger partial charge on any atom is -0.486 e. The second-order valence-corrected chi connectivity index (χ2v) is 9.27. The summed E-state index contributed by atoms with van der Waals surface area (Å²) < 4.78 is 13.0. The van der Waals surface area contributed by atoms with Crippen LogP contribution in [0.2, 0.25) is 0 Å². The largest absolute Gasteiger partial charge is 0.486 e. The molecule has 7 nitrogen and oxygen atoms in total. The van der Waals surface area contributed by atoms with Gasteiger partial charge in [0.15, 0.2) is 22.9 Å². The van der Waals surface area contributed by atoms with Gasteiger partial charge in [0.05, 0.1) is 23.0 Å². The quantitative estimate of drug-likeness (QED) is 0.176. The lowest BCUT2D eigenvalue weighted by Gasteiger charge is -2.18. The number of ketones is 1. The minimum absolute atomic E-state index is 0.0104. The molecular formula is C28H22N4O3S. The maximum absolute atomic E-state index is 13.1. The lowest BCUT2D eigenvalue weighted by atomic mass is 10.1. The van der Waals surface area contributed by atoms with E-state index in [4.69, 9.17) is 19.4 Å². The van der Waals surface area contributed by atoms with Crippen LogP contribution in [0.5, 0.6) is 11.5 Å². The number of carbonyl (C=O) groups excluding carboxylic acids is 1. The number of fused-ring (bicyclic) bond motifs is 2. The standard InChI is InChI=1S/C28H22N4O3S/c33-23(20-11-12-24-25(16-20)35-14-13-34-24)18-36-28-22-17-29-32(21-9-5-2-6-10-21)27(22)30-26(31-28)15-19-7-3-1-4-8-19/h1-12,16-17H,13-15,18H2. The summed E-state index contributed by atoms with van der Waals surface area (Å²) in [7, 11) is 0. The first-order valence-corrected chi connectivity index (χ1v) is 12.6. The maximum atomic E-state index is 13.1. The molecule has 0 radical (unpaired) electrons. The lowest BCUT2D eigenvalue weighted by molar-refractivity contribution is 0.102. The summed E-state index contributed by atoms with van der Waals surface area (Å²) in [5.74, 6) is 2.18. The first-order valence-electron chi connectivity index (χ1n) is 11.6. The zero-order valence-electron chi connectivity index (χ0n) is 19.3. The highest BCUT2D eigenvalue weighted by Gasteiger charge is 2.18. The van der Waals surface area contributed by atoms with Crippen LogP contribution < -0.4 is 9.47 Å². The molecular weight excluding hydrogens is 472 g/mol. The van der Waals surface area contributed by atoms with Crippen molar-refractivity contribution in [2.24, 2.45) is 0 Å². The number of carbonyl (C=O) groups is 1. The molecule has 8 heteroatoms. The Bertz CT molecular complexity index is 1540. The molecule has 0 saturated carbocycles. The van der Waals surface area contributed by atoms with E-state index < -0.39 is 0 Å². The zero-order valence-corrected chi connectivity index (χ0v) is 20.1. The third-order valence-corrected chi connectivity index (χ3v) is 6.84. The molecule has 0 amide bonds. The Morgan fingerprint density at radius 3 is 2.44 bits per heavy atom. The summed E-state index contributed by atoms with van der Waals surface area (Å²) in [6.45, 7) is 0.996. The molecule has 3 aromatic carbocycles. The van der Waals surface area contributed by atoms with Crippen LogP contribution in [0, 0.1) is 0 Å². The van der Waals surface area contributed by atoms with Gasteiger partial charge < -0.3 is 9.47 Å². The average molecular weight is 495 g/mol. The Kier molecular flexibility index (Phi) is 6.09. The molecule has 0 fully saturated rings. The van der Waals surface area contributed by atoms with Crippen molar-refractivity contribution < 1.29 is 14.3 Å². The van der Waals surface area contributed by atoms with E-state index in [-0.39, 0.29) is 11.5 Å². The molecule has 178 valence electrons. The van der Waals surface area contributed by atoms with E-state index in [0.717, 1.165) is 27.3 Å². The predicted octanol–water partition coefficient (Wildman–Crippen LogP) is 5.15. The highest BCUT2D eigenvalue weighted by molar-refractivity contribution is 8.00. The number of nitrogens with zero attached hydrogens (tertiary/aromatic N) is 4. The van der Waals surface area contributed by atoms with E-state index in [0.29, 0.717) is 42.5 Å². The summed E-state index contributed by atoms with van der Waals surface area (Å²) in [5.41, 5.74) is 3.34. The molecule has 2 aromatic heterocycles. The third kappa shape index (κ3) is 4.55. The van der Waals surface area contributed by atoms with Gasteiger partial charge in [0, 0.05) is 12.0 Å². The second-order valence-electron chi connectivity index (χ2n) is 8.31. The van der Waals surface area contributed by atoms with E-state index in [2.05, 4.69) is 17.2 Å². The predicted molar refractivity (Wildman–Crippen MR) is 138 cm³/mol. The lowest BCUT2D eigenvalue weighted by Crippen LogP contribution is -2.16. The van der Waals surface area contributed by atoms with Crippen LogP contribution in [0.15, 0.2) is 90.1 Å². The van der Waals surface area contributed by atoms with Crippen LogP contribution in [-0.2, 0) is 6.42 Å². The van der Waals surface area contributed by atoms with Crippen molar-refractivity contribution in [3.05, 3.63) is 102 Å². The van der Waals surface area contributed by atoms with Crippen LogP contribution in [0.3, 0.4) is 0 Å². The fourth-order valence-corrected chi connectivity index (χ4v) is 4.99. The molecule has 0 atom stereocenters. The topological polar surface area (TPSA) is 79.1 Å². The van der Waals surface area contributed by atoms with Gasteiger partial charge in [-0.2, -0.15) is 5.10 Å². The monoisotopic (exact) mass is 494 g/mol. The van der Waals surface area contributed by atoms with Crippen molar-refractivity contribution in [1.29, 1.82) is 0 Å². The number of Topliss-reactive ketones (excluding diaryl/α,β-unsaturated/α-hetero) is 1. The smallest absolute Gasteiger partial charge is 0.173 e. The zero-order chi connectivity index (χ0) is 24.3. The molecule has 1 aliphatic rings. The highest BCUT2D eigenvalue weighted by Crippen LogP contribution is 2.32. The number of aromatic nitrogens is 4. The first kappa shape index (κ1) is 22.3. The van der Waals surface area contributed by atoms with Crippen LogP contribution in [0.25, 0.3) is 16.7 Å². The van der Waals surface area contributed by atoms with E-state index in [9.17, 15) is 4.79 Å². The third-order valence-electron chi connectivity index (χ3n) is 5.85. The molecule has 3 heterocycles. The molecule has 6 rings (SSSR count). The van der Waals surface area contributed by atoms with E-state index in [1.54, 1.807) is 24.4 Å². The van der Waals surface area contributed by atoms with Crippen molar-refractivity contribution in [3.63, 3.8) is 0 Å². The van der Waals surface area contributed by atoms with Crippen LogP contribution >= 0.6 is 11.8 Å². The average Bonchev–Trinajstić information content (AvgIpc) is 3.36. The Balaban J connectivity index is 1.32. The Morgan fingerprint density at radius 1 is 0.889 bits per heavy atom. The SMILES string of the molecule is O=C(CSc1nc(Cc2ccccc2)nc2c1cnn2-c1ccccc1)c1ccc2c(c1)OCCO2. The van der Waals surface area contributed by atoms with Crippen LogP contribution in [0.4, 0.5) is 0 Å². The van der Waals surface area contributed by atoms with E-state index >= 15 is 0 Å². The number of benzene rings is 3. The second kappa shape index (κ2) is 9.83. The Labute approximate surface area is 212 Å². The van der Waals surface area contributed by atoms with Gasteiger partial charge in [-0.15, -0.1) is 0 Å². The number of thioether (sulfide) groups is 1. The van der Waals surface area contributed by atoms with Gasteiger partial charge in [-0.3, -0.25) is 4.79 Å². The van der Waals surface area contributed by atoms with Crippen molar-refractivity contribution in [1.82, 2.24) is 19.7 Å². The van der Waals surface area contributed by atoms with Crippen molar-refractivity contribution in [2.45, 2.75) is 11.4 Å². The summed E-state index contributed by atoms with van der Waals surface area (Å²) in [4.78, 5) is 22.8. The molecule has 0 spiro atoms. The molecule has 36 heavy (non-hydrogen) atoms. The Hall–Kier alpha value is -4.17. The summed E-state index contributed by atoms with van der Waals surface area (Å²) >= 11 is 1.40. The molecule has 0 unspecified atom stereocenters. The first-order chi connectivity index (χ1) is 17.7. The maximum Gasteiger partial charge on any atom is 0.173 e. The molecule has 0 aliphatic carbocycles.